The summed E-state index contributed by atoms with van der Waals surface area (Å²) in [7, 11) is -3.22. The van der Waals surface area contributed by atoms with Gasteiger partial charge >= 0.3 is 0 Å². The fourth-order valence-electron chi connectivity index (χ4n) is 1.82. The monoisotopic (exact) mass is 263 g/mol. The zero-order valence-electron chi connectivity index (χ0n) is 10.4. The molecule has 0 spiro atoms. The molecule has 0 fully saturated rings. The summed E-state index contributed by atoms with van der Waals surface area (Å²) >= 11 is 0. The summed E-state index contributed by atoms with van der Waals surface area (Å²) in [5, 5.41) is 2.14. The minimum atomic E-state index is -3.22. The average Bonchev–Trinajstić information content (AvgIpc) is 2.36. The lowest BCUT2D eigenvalue weighted by molar-refractivity contribution is 0.598. The highest BCUT2D eigenvalue weighted by Gasteiger charge is 2.09. The fraction of sp³-hybridized carbons (Fsp3) is 0.286. The van der Waals surface area contributed by atoms with Crippen molar-refractivity contribution < 1.29 is 8.42 Å². The molecule has 4 heteroatoms. The van der Waals surface area contributed by atoms with Crippen LogP contribution in [0.25, 0.3) is 10.8 Å². The van der Waals surface area contributed by atoms with Gasteiger partial charge in [0.1, 0.15) is 0 Å². The van der Waals surface area contributed by atoms with E-state index in [1.165, 1.54) is 0 Å². The summed E-state index contributed by atoms with van der Waals surface area (Å²) in [6.07, 6.45) is 1.56. The van der Waals surface area contributed by atoms with E-state index in [-0.39, 0.29) is 5.75 Å². The first-order chi connectivity index (χ1) is 8.61. The van der Waals surface area contributed by atoms with Crippen molar-refractivity contribution in [2.45, 2.75) is 19.8 Å². The lowest BCUT2D eigenvalue weighted by Crippen LogP contribution is -2.16. The lowest BCUT2D eigenvalue weighted by atomic mass is 10.1. The number of sulfonamides is 1. The Labute approximate surface area is 108 Å². The van der Waals surface area contributed by atoms with Crippen LogP contribution in [0.5, 0.6) is 0 Å². The molecule has 0 unspecified atom stereocenters. The zero-order valence-corrected chi connectivity index (χ0v) is 11.2. The van der Waals surface area contributed by atoms with Gasteiger partial charge in [-0.1, -0.05) is 43.7 Å². The predicted octanol–water partition coefficient (Wildman–Crippen LogP) is 3.38. The third-order valence-corrected chi connectivity index (χ3v) is 4.16. The van der Waals surface area contributed by atoms with Crippen LogP contribution in [-0.4, -0.2) is 14.2 Å². The van der Waals surface area contributed by atoms with Crippen LogP contribution in [0, 0.1) is 0 Å². The van der Waals surface area contributed by atoms with E-state index in [2.05, 4.69) is 4.72 Å². The molecule has 0 aromatic heterocycles. The third-order valence-electron chi connectivity index (χ3n) is 2.79. The summed E-state index contributed by atoms with van der Waals surface area (Å²) in [5.74, 6) is 0.177. The molecule has 0 aliphatic heterocycles. The summed E-state index contributed by atoms with van der Waals surface area (Å²) in [4.78, 5) is 0. The van der Waals surface area contributed by atoms with Crippen molar-refractivity contribution >= 4 is 26.5 Å². The molecule has 0 saturated heterocycles. The molecule has 0 radical (unpaired) electrons. The van der Waals surface area contributed by atoms with Crippen molar-refractivity contribution in [1.82, 2.24) is 0 Å². The Morgan fingerprint density at radius 1 is 1.06 bits per heavy atom. The molecule has 96 valence electrons. The quantitative estimate of drug-likeness (QED) is 0.898. The van der Waals surface area contributed by atoms with Crippen LogP contribution in [0.3, 0.4) is 0 Å². The molecule has 2 aromatic rings. The summed E-state index contributed by atoms with van der Waals surface area (Å²) in [5.41, 5.74) is 0.629. The second kappa shape index (κ2) is 5.40. The lowest BCUT2D eigenvalue weighted by Gasteiger charge is -2.08. The number of fused-ring (bicyclic) bond motifs is 1. The van der Waals surface area contributed by atoms with Crippen molar-refractivity contribution in [3.8, 4) is 0 Å². The third kappa shape index (κ3) is 3.23. The number of unbranched alkanes of at least 4 members (excludes halogenated alkanes) is 1. The maximum absolute atomic E-state index is 11.8. The Morgan fingerprint density at radius 3 is 2.50 bits per heavy atom. The Hall–Kier alpha value is -1.55. The zero-order chi connectivity index (χ0) is 13.0. The first kappa shape index (κ1) is 12.9. The molecule has 0 heterocycles. The second-order valence-electron chi connectivity index (χ2n) is 4.34. The Kier molecular flexibility index (Phi) is 3.87. The molecular formula is C14H17NO2S. The van der Waals surface area contributed by atoms with Crippen molar-refractivity contribution in [2.75, 3.05) is 10.5 Å². The topological polar surface area (TPSA) is 46.2 Å². The van der Waals surface area contributed by atoms with E-state index in [1.807, 2.05) is 43.3 Å². The van der Waals surface area contributed by atoms with Gasteiger partial charge in [0.15, 0.2) is 0 Å². The molecule has 2 rings (SSSR count). The van der Waals surface area contributed by atoms with Crippen LogP contribution >= 0.6 is 0 Å². The number of benzene rings is 2. The van der Waals surface area contributed by atoms with E-state index in [0.717, 1.165) is 17.2 Å². The molecule has 2 aromatic carbocycles. The van der Waals surface area contributed by atoms with Crippen molar-refractivity contribution in [2.24, 2.45) is 0 Å². The number of nitrogens with one attached hydrogen (secondary N) is 1. The first-order valence-corrected chi connectivity index (χ1v) is 7.75. The van der Waals surface area contributed by atoms with Gasteiger partial charge in [-0.25, -0.2) is 8.42 Å². The first-order valence-electron chi connectivity index (χ1n) is 6.10. The minimum Gasteiger partial charge on any atom is -0.284 e. The highest BCUT2D eigenvalue weighted by molar-refractivity contribution is 7.92. The van der Waals surface area contributed by atoms with E-state index in [9.17, 15) is 8.42 Å². The van der Waals surface area contributed by atoms with E-state index >= 15 is 0 Å². The Balaban J connectivity index is 2.22. The SMILES string of the molecule is CCCCS(=O)(=O)Nc1ccc2ccccc2c1. The van der Waals surface area contributed by atoms with Crippen molar-refractivity contribution in [1.29, 1.82) is 0 Å². The average molecular weight is 263 g/mol. The highest BCUT2D eigenvalue weighted by Crippen LogP contribution is 2.19. The summed E-state index contributed by atoms with van der Waals surface area (Å²) in [6.45, 7) is 1.98. The van der Waals surface area contributed by atoms with Gasteiger partial charge in [-0.3, -0.25) is 4.72 Å². The number of hydrogen-bond donors (Lipinski definition) is 1. The normalized spacial score (nSPS) is 11.6. The highest BCUT2D eigenvalue weighted by atomic mass is 32.2. The molecule has 0 atom stereocenters. The number of hydrogen-bond acceptors (Lipinski definition) is 2. The van der Waals surface area contributed by atoms with Gasteiger partial charge in [0, 0.05) is 5.69 Å². The maximum Gasteiger partial charge on any atom is 0.232 e. The van der Waals surface area contributed by atoms with Crippen LogP contribution in [0.1, 0.15) is 19.8 Å². The summed E-state index contributed by atoms with van der Waals surface area (Å²) in [6, 6.07) is 13.5. The largest absolute Gasteiger partial charge is 0.284 e. The number of anilines is 1. The van der Waals surface area contributed by atoms with Crippen LogP contribution < -0.4 is 4.72 Å². The number of rotatable bonds is 5. The molecule has 0 amide bonds. The van der Waals surface area contributed by atoms with Gasteiger partial charge in [-0.05, 0) is 29.3 Å². The Morgan fingerprint density at radius 2 is 1.78 bits per heavy atom. The molecule has 0 aliphatic carbocycles. The molecule has 1 N–H and O–H groups in total. The van der Waals surface area contributed by atoms with E-state index < -0.39 is 10.0 Å². The predicted molar refractivity (Wildman–Crippen MR) is 76.3 cm³/mol. The van der Waals surface area contributed by atoms with Gasteiger partial charge in [0.2, 0.25) is 10.0 Å². The molecule has 0 aliphatic rings. The van der Waals surface area contributed by atoms with E-state index in [1.54, 1.807) is 6.07 Å². The minimum absolute atomic E-state index is 0.177. The van der Waals surface area contributed by atoms with Crippen LogP contribution in [-0.2, 0) is 10.0 Å². The van der Waals surface area contributed by atoms with Gasteiger partial charge in [-0.15, -0.1) is 0 Å². The fourth-order valence-corrected chi connectivity index (χ4v) is 3.07. The van der Waals surface area contributed by atoms with E-state index in [0.29, 0.717) is 12.1 Å². The van der Waals surface area contributed by atoms with Gasteiger partial charge < -0.3 is 0 Å². The van der Waals surface area contributed by atoms with Gasteiger partial charge in [0.25, 0.3) is 0 Å². The molecule has 3 nitrogen and oxygen atoms in total. The standard InChI is InChI=1S/C14H17NO2S/c1-2-3-10-18(16,17)15-14-9-8-12-6-4-5-7-13(12)11-14/h4-9,11,15H,2-3,10H2,1H3. The molecule has 0 saturated carbocycles. The van der Waals surface area contributed by atoms with Gasteiger partial charge in [0.05, 0.1) is 5.75 Å². The smallest absolute Gasteiger partial charge is 0.232 e. The van der Waals surface area contributed by atoms with Crippen molar-refractivity contribution in [3.05, 3.63) is 42.5 Å². The summed E-state index contributed by atoms with van der Waals surface area (Å²) < 4.78 is 26.2. The van der Waals surface area contributed by atoms with Crippen molar-refractivity contribution in [3.63, 3.8) is 0 Å². The maximum atomic E-state index is 11.8. The van der Waals surface area contributed by atoms with Gasteiger partial charge in [-0.2, -0.15) is 0 Å². The van der Waals surface area contributed by atoms with E-state index in [4.69, 9.17) is 0 Å². The molecular weight excluding hydrogens is 246 g/mol. The van der Waals surface area contributed by atoms with Crippen LogP contribution in [0.2, 0.25) is 0 Å². The molecule has 0 bridgehead atoms. The Bertz CT molecular complexity index is 635. The second-order valence-corrected chi connectivity index (χ2v) is 6.18. The van der Waals surface area contributed by atoms with Crippen LogP contribution in [0.4, 0.5) is 5.69 Å². The molecule has 18 heavy (non-hydrogen) atoms. The van der Waals surface area contributed by atoms with Crippen LogP contribution in [0.15, 0.2) is 42.5 Å².